The van der Waals surface area contributed by atoms with Gasteiger partial charge in [0.1, 0.15) is 18.2 Å². The van der Waals surface area contributed by atoms with Gasteiger partial charge in [-0.1, -0.05) is 6.07 Å². The monoisotopic (exact) mass is 365 g/mol. The third kappa shape index (κ3) is 4.85. The molecule has 0 fully saturated rings. The number of nitrogens with one attached hydrogen (secondary N) is 2. The number of hydrogen-bond donors (Lipinski definition) is 3. The van der Waals surface area contributed by atoms with Gasteiger partial charge < -0.3 is 25.7 Å². The number of nitrogens with zero attached hydrogens (tertiary/aromatic N) is 2. The molecule has 138 valence electrons. The molecular weight excluding hydrogens is 346 g/mol. The number of carbonyl (C=O) groups excluding carboxylic acids is 2. The minimum atomic E-state index is -0.667. The Morgan fingerprint density at radius 3 is 2.44 bits per heavy atom. The maximum atomic E-state index is 12.4. The number of aromatic nitrogens is 2. The fourth-order valence-electron chi connectivity index (χ4n) is 2.41. The van der Waals surface area contributed by atoms with Gasteiger partial charge in [0.05, 0.1) is 0 Å². The average Bonchev–Trinajstić information content (AvgIpc) is 3.05. The predicted octanol–water partition coefficient (Wildman–Crippen LogP) is 2.74. The number of anilines is 2. The summed E-state index contributed by atoms with van der Waals surface area (Å²) in [4.78, 5) is 27.5. The zero-order valence-electron chi connectivity index (χ0n) is 14.7. The first-order chi connectivity index (χ1) is 13.0. The van der Waals surface area contributed by atoms with Gasteiger partial charge in [-0.2, -0.15) is 0 Å². The van der Waals surface area contributed by atoms with Gasteiger partial charge in [-0.25, -0.2) is 9.78 Å². The van der Waals surface area contributed by atoms with E-state index in [0.29, 0.717) is 29.3 Å². The molecule has 8 nitrogen and oxygen atoms in total. The van der Waals surface area contributed by atoms with Crippen LogP contribution in [0.1, 0.15) is 16.2 Å². The van der Waals surface area contributed by atoms with Crippen LogP contribution in [0.5, 0.6) is 5.75 Å². The van der Waals surface area contributed by atoms with E-state index in [1.54, 1.807) is 54.7 Å². The summed E-state index contributed by atoms with van der Waals surface area (Å²) in [7, 11) is 1.90. The first-order valence-electron chi connectivity index (χ1n) is 8.18. The van der Waals surface area contributed by atoms with Crippen LogP contribution in [0, 0.1) is 0 Å². The Kier molecular flexibility index (Phi) is 5.36. The van der Waals surface area contributed by atoms with Crippen molar-refractivity contribution in [3.8, 4) is 5.75 Å². The molecule has 0 radical (unpaired) electrons. The highest BCUT2D eigenvalue weighted by molar-refractivity contribution is 6.04. The number of aryl methyl sites for hydroxylation is 1. The number of primary amides is 1. The zero-order valence-corrected chi connectivity index (χ0v) is 14.7. The second kappa shape index (κ2) is 8.05. The smallest absolute Gasteiger partial charge is 0.316 e. The first-order valence-corrected chi connectivity index (χ1v) is 8.18. The van der Waals surface area contributed by atoms with Gasteiger partial charge in [0, 0.05) is 36.4 Å². The van der Waals surface area contributed by atoms with Crippen LogP contribution in [0.15, 0.2) is 60.9 Å². The van der Waals surface area contributed by atoms with E-state index in [9.17, 15) is 9.59 Å². The van der Waals surface area contributed by atoms with Gasteiger partial charge in [-0.05, 0) is 42.5 Å². The van der Waals surface area contributed by atoms with Crippen molar-refractivity contribution in [2.45, 2.75) is 6.61 Å². The molecule has 0 aliphatic rings. The van der Waals surface area contributed by atoms with Crippen molar-refractivity contribution in [2.24, 2.45) is 12.8 Å². The van der Waals surface area contributed by atoms with Crippen LogP contribution in [-0.2, 0) is 13.7 Å². The zero-order chi connectivity index (χ0) is 19.2. The molecule has 3 aromatic rings. The lowest BCUT2D eigenvalue weighted by atomic mass is 10.2. The van der Waals surface area contributed by atoms with Crippen LogP contribution >= 0.6 is 0 Å². The summed E-state index contributed by atoms with van der Waals surface area (Å²) in [6, 6.07) is 12.8. The third-order valence-electron chi connectivity index (χ3n) is 3.79. The molecule has 0 bridgehead atoms. The van der Waals surface area contributed by atoms with E-state index in [1.165, 1.54) is 0 Å². The van der Waals surface area contributed by atoms with E-state index >= 15 is 0 Å². The maximum Gasteiger partial charge on any atom is 0.316 e. The SMILES string of the molecule is Cn1ccnc1COc1ccc(C(=O)Nc2cccc(NC(N)=O)c2)cc1. The highest BCUT2D eigenvalue weighted by Gasteiger charge is 2.08. The van der Waals surface area contributed by atoms with E-state index in [0.717, 1.165) is 5.82 Å². The molecule has 0 saturated heterocycles. The van der Waals surface area contributed by atoms with E-state index in [-0.39, 0.29) is 5.91 Å². The molecule has 27 heavy (non-hydrogen) atoms. The predicted molar refractivity (Wildman–Crippen MR) is 102 cm³/mol. The number of rotatable bonds is 6. The van der Waals surface area contributed by atoms with Gasteiger partial charge in [0.2, 0.25) is 0 Å². The van der Waals surface area contributed by atoms with E-state index in [4.69, 9.17) is 10.5 Å². The second-order valence-electron chi connectivity index (χ2n) is 5.79. The highest BCUT2D eigenvalue weighted by Crippen LogP contribution is 2.18. The molecule has 0 unspecified atom stereocenters. The number of hydrogen-bond acceptors (Lipinski definition) is 4. The van der Waals surface area contributed by atoms with Crippen LogP contribution in [0.25, 0.3) is 0 Å². The van der Waals surface area contributed by atoms with Crippen molar-refractivity contribution in [1.29, 1.82) is 0 Å². The van der Waals surface area contributed by atoms with Crippen molar-refractivity contribution in [2.75, 3.05) is 10.6 Å². The van der Waals surface area contributed by atoms with Crippen molar-refractivity contribution < 1.29 is 14.3 Å². The van der Waals surface area contributed by atoms with Crippen LogP contribution < -0.4 is 21.1 Å². The third-order valence-corrected chi connectivity index (χ3v) is 3.79. The summed E-state index contributed by atoms with van der Waals surface area (Å²) in [5.74, 6) is 1.17. The molecule has 3 rings (SSSR count). The Bertz CT molecular complexity index is 950. The maximum absolute atomic E-state index is 12.4. The van der Waals surface area contributed by atoms with Gasteiger partial charge in [-0.15, -0.1) is 0 Å². The second-order valence-corrected chi connectivity index (χ2v) is 5.79. The molecule has 0 spiro atoms. The molecule has 8 heteroatoms. The summed E-state index contributed by atoms with van der Waals surface area (Å²) in [6.45, 7) is 0.342. The Balaban J connectivity index is 1.60. The minimum Gasteiger partial charge on any atom is -0.486 e. The molecule has 0 atom stereocenters. The number of amides is 3. The van der Waals surface area contributed by atoms with Crippen LogP contribution in [0.3, 0.4) is 0 Å². The highest BCUT2D eigenvalue weighted by atomic mass is 16.5. The largest absolute Gasteiger partial charge is 0.486 e. The minimum absolute atomic E-state index is 0.276. The Morgan fingerprint density at radius 2 is 1.81 bits per heavy atom. The van der Waals surface area contributed by atoms with E-state index in [2.05, 4.69) is 15.6 Å². The van der Waals surface area contributed by atoms with Crippen molar-refractivity contribution >= 4 is 23.3 Å². The normalized spacial score (nSPS) is 10.3. The average molecular weight is 365 g/mol. The van der Waals surface area contributed by atoms with Crippen LogP contribution in [0.4, 0.5) is 16.2 Å². The lowest BCUT2D eigenvalue weighted by molar-refractivity contribution is 0.102. The quantitative estimate of drug-likeness (QED) is 0.623. The Labute approximate surface area is 156 Å². The van der Waals surface area contributed by atoms with Crippen molar-refractivity contribution in [1.82, 2.24) is 9.55 Å². The number of urea groups is 1. The summed E-state index contributed by atoms with van der Waals surface area (Å²) < 4.78 is 7.55. The lowest BCUT2D eigenvalue weighted by Gasteiger charge is -2.09. The summed E-state index contributed by atoms with van der Waals surface area (Å²) >= 11 is 0. The molecule has 0 aliphatic carbocycles. The van der Waals surface area contributed by atoms with E-state index in [1.807, 2.05) is 17.8 Å². The number of nitrogens with two attached hydrogens (primary N) is 1. The van der Waals surface area contributed by atoms with Crippen molar-refractivity contribution in [3.63, 3.8) is 0 Å². The van der Waals surface area contributed by atoms with Gasteiger partial charge in [0.25, 0.3) is 5.91 Å². The van der Waals surface area contributed by atoms with Crippen LogP contribution in [0.2, 0.25) is 0 Å². The number of benzene rings is 2. The molecule has 1 heterocycles. The summed E-state index contributed by atoms with van der Waals surface area (Å²) in [5, 5.41) is 5.23. The molecule has 0 aliphatic heterocycles. The number of ether oxygens (including phenoxy) is 1. The van der Waals surface area contributed by atoms with Gasteiger partial charge >= 0.3 is 6.03 Å². The fourth-order valence-corrected chi connectivity index (χ4v) is 2.41. The fraction of sp³-hybridized carbons (Fsp3) is 0.105. The summed E-state index contributed by atoms with van der Waals surface area (Å²) in [5.41, 5.74) is 6.61. The standard InChI is InChI=1S/C19H19N5O3/c1-24-10-9-21-17(24)12-27-16-7-5-13(6-8-16)18(25)22-14-3-2-4-15(11-14)23-19(20)26/h2-11H,12H2,1H3,(H,22,25)(H3,20,23,26). The number of carbonyl (C=O) groups is 2. The summed E-state index contributed by atoms with van der Waals surface area (Å²) in [6.07, 6.45) is 3.56. The molecule has 4 N–H and O–H groups in total. The van der Waals surface area contributed by atoms with E-state index < -0.39 is 6.03 Å². The van der Waals surface area contributed by atoms with Gasteiger partial charge in [0.15, 0.2) is 0 Å². The number of imidazole rings is 1. The topological polar surface area (TPSA) is 111 Å². The van der Waals surface area contributed by atoms with Crippen LogP contribution in [-0.4, -0.2) is 21.5 Å². The Morgan fingerprint density at radius 1 is 1.11 bits per heavy atom. The van der Waals surface area contributed by atoms with Gasteiger partial charge in [-0.3, -0.25) is 4.79 Å². The van der Waals surface area contributed by atoms with Crippen molar-refractivity contribution in [3.05, 3.63) is 72.3 Å². The Hall–Kier alpha value is -3.81. The molecule has 1 aromatic heterocycles. The molecule has 0 saturated carbocycles. The first kappa shape index (κ1) is 18.0. The molecular formula is C19H19N5O3. The molecule has 3 amide bonds. The lowest BCUT2D eigenvalue weighted by Crippen LogP contribution is -2.19. The molecule has 2 aromatic carbocycles.